The Labute approximate surface area is 157 Å². The Morgan fingerprint density at radius 1 is 1.18 bits per heavy atom. The zero-order chi connectivity index (χ0) is 19.8. The number of primary amides is 1. The highest BCUT2D eigenvalue weighted by Crippen LogP contribution is 2.19. The number of aromatic nitrogens is 4. The van der Waals surface area contributed by atoms with Gasteiger partial charge in [-0.05, 0) is 36.4 Å². The van der Waals surface area contributed by atoms with Crippen LogP contribution in [-0.2, 0) is 0 Å². The molecule has 1 amide bonds. The first-order valence-corrected chi connectivity index (χ1v) is 8.13. The van der Waals surface area contributed by atoms with E-state index in [1.54, 1.807) is 18.3 Å². The normalized spacial score (nSPS) is 10.9. The first-order valence-electron chi connectivity index (χ1n) is 8.13. The molecule has 10 heteroatoms. The largest absolute Gasteiger partial charge is 0.383 e. The molecule has 140 valence electrons. The number of nitrogens with one attached hydrogen (secondary N) is 1. The van der Waals surface area contributed by atoms with Gasteiger partial charge in [-0.1, -0.05) is 0 Å². The van der Waals surface area contributed by atoms with Gasteiger partial charge in [0.05, 0.1) is 6.20 Å². The summed E-state index contributed by atoms with van der Waals surface area (Å²) in [4.78, 5) is 28.6. The van der Waals surface area contributed by atoms with E-state index in [1.165, 1.54) is 45.6 Å². The maximum atomic E-state index is 13.1. The van der Waals surface area contributed by atoms with Crippen LogP contribution < -0.4 is 22.3 Å². The number of hydrogen-bond donors (Lipinski definition) is 3. The van der Waals surface area contributed by atoms with Crippen molar-refractivity contribution in [2.45, 2.75) is 0 Å². The number of hydrogen-bond acceptors (Lipinski definition) is 6. The minimum absolute atomic E-state index is 0.104. The summed E-state index contributed by atoms with van der Waals surface area (Å²) in [5.41, 5.74) is 11.9. The highest BCUT2D eigenvalue weighted by Gasteiger charge is 2.15. The molecule has 9 nitrogen and oxygen atoms in total. The van der Waals surface area contributed by atoms with Gasteiger partial charge in [0.1, 0.15) is 28.7 Å². The monoisotopic (exact) mass is 379 g/mol. The second kappa shape index (κ2) is 6.50. The highest BCUT2D eigenvalue weighted by atomic mass is 19.1. The molecule has 1 aromatic carbocycles. The van der Waals surface area contributed by atoms with Gasteiger partial charge in [0.25, 0.3) is 11.5 Å². The average molecular weight is 379 g/mol. The molecule has 0 bridgehead atoms. The predicted molar refractivity (Wildman–Crippen MR) is 101 cm³/mol. The quantitative estimate of drug-likeness (QED) is 0.491. The molecule has 0 spiro atoms. The van der Waals surface area contributed by atoms with Crippen LogP contribution in [0.25, 0.3) is 11.3 Å². The molecule has 4 rings (SSSR count). The van der Waals surface area contributed by atoms with Gasteiger partial charge in [-0.3, -0.25) is 14.2 Å². The van der Waals surface area contributed by atoms with Crippen molar-refractivity contribution in [3.05, 3.63) is 76.6 Å². The van der Waals surface area contributed by atoms with Gasteiger partial charge < -0.3 is 16.8 Å². The summed E-state index contributed by atoms with van der Waals surface area (Å²) in [6.07, 6.45) is 2.84. The third kappa shape index (κ3) is 2.92. The molecular formula is C18H14FN7O2. The zero-order valence-electron chi connectivity index (χ0n) is 14.3. The Balaban J connectivity index is 1.76. The molecule has 0 saturated carbocycles. The van der Waals surface area contributed by atoms with Crippen LogP contribution in [0.1, 0.15) is 10.4 Å². The summed E-state index contributed by atoms with van der Waals surface area (Å²) in [6.45, 7) is 0. The predicted octanol–water partition coefficient (Wildman–Crippen LogP) is 1.44. The summed E-state index contributed by atoms with van der Waals surface area (Å²) in [6, 6.07) is 10.2. The molecule has 0 fully saturated rings. The molecule has 0 radical (unpaired) electrons. The van der Waals surface area contributed by atoms with E-state index in [4.69, 9.17) is 11.5 Å². The maximum Gasteiger partial charge on any atom is 0.278 e. The van der Waals surface area contributed by atoms with Gasteiger partial charge in [-0.25, -0.2) is 9.37 Å². The van der Waals surface area contributed by atoms with E-state index in [1.807, 2.05) is 0 Å². The van der Waals surface area contributed by atoms with Crippen LogP contribution in [0, 0.1) is 5.82 Å². The fourth-order valence-electron chi connectivity index (χ4n) is 2.76. The van der Waals surface area contributed by atoms with Crippen molar-refractivity contribution in [3.8, 4) is 5.69 Å². The van der Waals surface area contributed by atoms with E-state index in [0.29, 0.717) is 5.69 Å². The maximum absolute atomic E-state index is 13.1. The lowest BCUT2D eigenvalue weighted by Crippen LogP contribution is -2.20. The summed E-state index contributed by atoms with van der Waals surface area (Å²) in [7, 11) is 0. The first-order chi connectivity index (χ1) is 13.4. The second-order valence-corrected chi connectivity index (χ2v) is 5.92. The van der Waals surface area contributed by atoms with E-state index in [9.17, 15) is 14.0 Å². The number of carbonyl (C=O) groups is 1. The number of carbonyl (C=O) groups excluding carboxylic acids is 1. The van der Waals surface area contributed by atoms with Crippen LogP contribution in [-0.4, -0.2) is 25.1 Å². The van der Waals surface area contributed by atoms with Crippen LogP contribution in [0.4, 0.5) is 21.7 Å². The van der Waals surface area contributed by atoms with Crippen LogP contribution in [0.3, 0.4) is 0 Å². The topological polar surface area (TPSA) is 133 Å². The van der Waals surface area contributed by atoms with Gasteiger partial charge in [0.2, 0.25) is 0 Å². The number of anilines is 3. The molecule has 3 aromatic heterocycles. The fraction of sp³-hybridized carbons (Fsp3) is 0. The average Bonchev–Trinajstić information content (AvgIpc) is 3.09. The van der Waals surface area contributed by atoms with Crippen molar-refractivity contribution in [2.24, 2.45) is 5.73 Å². The van der Waals surface area contributed by atoms with Gasteiger partial charge >= 0.3 is 0 Å². The minimum atomic E-state index is -0.697. The lowest BCUT2D eigenvalue weighted by atomic mass is 10.3. The molecule has 0 aliphatic rings. The van der Waals surface area contributed by atoms with Crippen molar-refractivity contribution < 1.29 is 9.18 Å². The van der Waals surface area contributed by atoms with E-state index in [2.05, 4.69) is 15.4 Å². The molecular weight excluding hydrogens is 365 g/mol. The smallest absolute Gasteiger partial charge is 0.278 e. The Hall–Kier alpha value is -4.21. The van der Waals surface area contributed by atoms with E-state index in [0.717, 1.165) is 0 Å². The number of benzene rings is 1. The second-order valence-electron chi connectivity index (χ2n) is 5.92. The summed E-state index contributed by atoms with van der Waals surface area (Å²) < 4.78 is 15.8. The standard InChI is InChI=1S/C18H14FN7O2/c19-10-3-5-11(6-4-10)25-7-1-2-13(18(25)28)23-15-8-14(20)26-17(24-15)12(9-22-26)16(21)27/h1-9H,20H2,(H2,21,27)(H,23,24). The summed E-state index contributed by atoms with van der Waals surface area (Å²) >= 11 is 0. The Bertz CT molecular complexity index is 1260. The molecule has 5 N–H and O–H groups in total. The van der Waals surface area contributed by atoms with Crippen molar-refractivity contribution >= 4 is 28.9 Å². The van der Waals surface area contributed by atoms with E-state index >= 15 is 0 Å². The number of halogens is 1. The molecule has 0 atom stereocenters. The first kappa shape index (κ1) is 17.2. The van der Waals surface area contributed by atoms with Crippen LogP contribution in [0.5, 0.6) is 0 Å². The van der Waals surface area contributed by atoms with E-state index in [-0.39, 0.29) is 34.1 Å². The summed E-state index contributed by atoms with van der Waals surface area (Å²) in [5.74, 6) is -0.653. The number of fused-ring (bicyclic) bond motifs is 1. The third-order valence-electron chi connectivity index (χ3n) is 4.08. The Morgan fingerprint density at radius 3 is 2.64 bits per heavy atom. The number of nitrogens with zero attached hydrogens (tertiary/aromatic N) is 4. The third-order valence-corrected chi connectivity index (χ3v) is 4.08. The van der Waals surface area contributed by atoms with Crippen molar-refractivity contribution in [2.75, 3.05) is 11.1 Å². The van der Waals surface area contributed by atoms with Gasteiger partial charge in [0, 0.05) is 18.0 Å². The number of pyridine rings is 1. The Morgan fingerprint density at radius 2 is 1.93 bits per heavy atom. The molecule has 0 unspecified atom stereocenters. The molecule has 0 aliphatic heterocycles. The number of nitrogen functional groups attached to an aromatic ring is 1. The lowest BCUT2D eigenvalue weighted by molar-refractivity contribution is 0.100. The Kier molecular flexibility index (Phi) is 4.00. The SMILES string of the molecule is NC(=O)c1cnn2c(N)cc(Nc3cccn(-c4ccc(F)cc4)c3=O)nc12. The van der Waals surface area contributed by atoms with Crippen molar-refractivity contribution in [1.82, 2.24) is 19.2 Å². The number of amides is 1. The fourth-order valence-corrected chi connectivity index (χ4v) is 2.76. The van der Waals surface area contributed by atoms with Crippen molar-refractivity contribution in [3.63, 3.8) is 0 Å². The van der Waals surface area contributed by atoms with E-state index < -0.39 is 11.7 Å². The molecule has 3 heterocycles. The van der Waals surface area contributed by atoms with Gasteiger partial charge in [0.15, 0.2) is 5.65 Å². The van der Waals surface area contributed by atoms with Crippen LogP contribution in [0.15, 0.2) is 59.7 Å². The highest BCUT2D eigenvalue weighted by molar-refractivity contribution is 5.98. The summed E-state index contributed by atoms with van der Waals surface area (Å²) in [5, 5.41) is 6.86. The molecule has 0 saturated heterocycles. The minimum Gasteiger partial charge on any atom is -0.383 e. The number of rotatable bonds is 4. The molecule has 0 aliphatic carbocycles. The van der Waals surface area contributed by atoms with Gasteiger partial charge in [-0.2, -0.15) is 9.61 Å². The van der Waals surface area contributed by atoms with Crippen LogP contribution in [0.2, 0.25) is 0 Å². The molecule has 4 aromatic rings. The lowest BCUT2D eigenvalue weighted by Gasteiger charge is -2.10. The molecule has 28 heavy (non-hydrogen) atoms. The zero-order valence-corrected chi connectivity index (χ0v) is 14.3. The van der Waals surface area contributed by atoms with Crippen molar-refractivity contribution in [1.29, 1.82) is 0 Å². The van der Waals surface area contributed by atoms with Gasteiger partial charge in [-0.15, -0.1) is 0 Å². The van der Waals surface area contributed by atoms with Crippen LogP contribution >= 0.6 is 0 Å². The number of nitrogens with two attached hydrogens (primary N) is 2.